The van der Waals surface area contributed by atoms with Crippen LogP contribution in [0.15, 0.2) is 0 Å². The summed E-state index contributed by atoms with van der Waals surface area (Å²) in [5, 5.41) is 0. The van der Waals surface area contributed by atoms with Crippen LogP contribution in [0.3, 0.4) is 0 Å². The lowest BCUT2D eigenvalue weighted by Gasteiger charge is -2.40. The predicted molar refractivity (Wildman–Crippen MR) is 83.7 cm³/mol. The Balaban J connectivity index is 1.68. The van der Waals surface area contributed by atoms with Gasteiger partial charge in [0, 0.05) is 54.8 Å². The monoisotopic (exact) mass is 283 g/mol. The highest BCUT2D eigenvalue weighted by Gasteiger charge is 2.46. The van der Waals surface area contributed by atoms with E-state index in [0.717, 1.165) is 12.6 Å². The van der Waals surface area contributed by atoms with Gasteiger partial charge in [-0.2, -0.15) is 11.8 Å². The van der Waals surface area contributed by atoms with Gasteiger partial charge in [-0.25, -0.2) is 0 Å². The first-order chi connectivity index (χ1) is 9.05. The van der Waals surface area contributed by atoms with Crippen LogP contribution in [-0.4, -0.2) is 64.6 Å². The third-order valence-electron chi connectivity index (χ3n) is 5.31. The Morgan fingerprint density at radius 2 is 1.95 bits per heavy atom. The smallest absolute Gasteiger partial charge is 0.0470 e. The van der Waals surface area contributed by atoms with Gasteiger partial charge < -0.3 is 5.73 Å². The van der Waals surface area contributed by atoms with Crippen LogP contribution in [0.1, 0.15) is 39.5 Å². The van der Waals surface area contributed by atoms with Gasteiger partial charge in [0.25, 0.3) is 0 Å². The van der Waals surface area contributed by atoms with Gasteiger partial charge in [-0.1, -0.05) is 13.8 Å². The largest absolute Gasteiger partial charge is 0.329 e. The molecule has 0 bridgehead atoms. The number of likely N-dealkylation sites (tertiary alicyclic amines) is 1. The lowest BCUT2D eigenvalue weighted by molar-refractivity contribution is 0.103. The molecule has 2 aliphatic heterocycles. The number of rotatable bonds is 3. The zero-order chi connectivity index (χ0) is 13.5. The Labute approximate surface area is 122 Å². The molecule has 3 rings (SSSR count). The zero-order valence-corrected chi connectivity index (χ0v) is 13.3. The second-order valence-corrected chi connectivity index (χ2v) is 9.03. The summed E-state index contributed by atoms with van der Waals surface area (Å²) >= 11 is 2.14. The second-order valence-electron chi connectivity index (χ2n) is 7.23. The first kappa shape index (κ1) is 14.2. The average molecular weight is 283 g/mol. The molecule has 0 spiro atoms. The molecule has 2 heterocycles. The normalized spacial score (nSPS) is 37.4. The Hall–Kier alpha value is 0.230. The van der Waals surface area contributed by atoms with Crippen molar-refractivity contribution in [3.63, 3.8) is 0 Å². The lowest BCUT2D eigenvalue weighted by Crippen LogP contribution is -2.56. The van der Waals surface area contributed by atoms with Gasteiger partial charge in [0.05, 0.1) is 0 Å². The van der Waals surface area contributed by atoms with Crippen molar-refractivity contribution in [2.75, 3.05) is 38.5 Å². The minimum atomic E-state index is 0.281. The van der Waals surface area contributed by atoms with Crippen molar-refractivity contribution in [2.45, 2.75) is 55.9 Å². The molecule has 2 N–H and O–H groups in total. The summed E-state index contributed by atoms with van der Waals surface area (Å²) in [4.78, 5) is 5.44. The Morgan fingerprint density at radius 3 is 2.63 bits per heavy atom. The van der Waals surface area contributed by atoms with E-state index in [-0.39, 0.29) is 5.54 Å². The average Bonchev–Trinajstić information content (AvgIpc) is 3.16. The first-order valence-electron chi connectivity index (χ1n) is 7.88. The maximum atomic E-state index is 6.23. The first-order valence-corrected chi connectivity index (χ1v) is 8.86. The van der Waals surface area contributed by atoms with Gasteiger partial charge >= 0.3 is 0 Å². The molecule has 1 saturated carbocycles. The molecule has 3 fully saturated rings. The van der Waals surface area contributed by atoms with Crippen molar-refractivity contribution >= 4 is 11.8 Å². The van der Waals surface area contributed by atoms with Crippen LogP contribution in [0.25, 0.3) is 0 Å². The Morgan fingerprint density at radius 1 is 1.16 bits per heavy atom. The van der Waals surface area contributed by atoms with Crippen LogP contribution in [0.5, 0.6) is 0 Å². The summed E-state index contributed by atoms with van der Waals surface area (Å²) in [6.07, 6.45) is 5.42. The molecular formula is C15H29N3S. The zero-order valence-electron chi connectivity index (χ0n) is 12.5. The van der Waals surface area contributed by atoms with E-state index in [2.05, 4.69) is 35.4 Å². The van der Waals surface area contributed by atoms with Crippen molar-refractivity contribution in [1.82, 2.24) is 9.80 Å². The molecule has 3 nitrogen and oxygen atoms in total. The summed E-state index contributed by atoms with van der Waals surface area (Å²) in [6, 6.07) is 0.895. The van der Waals surface area contributed by atoms with E-state index in [1.54, 1.807) is 0 Å². The highest BCUT2D eigenvalue weighted by molar-refractivity contribution is 8.00. The fourth-order valence-electron chi connectivity index (χ4n) is 3.69. The molecule has 1 unspecified atom stereocenters. The van der Waals surface area contributed by atoms with E-state index in [9.17, 15) is 0 Å². The van der Waals surface area contributed by atoms with E-state index < -0.39 is 0 Å². The van der Waals surface area contributed by atoms with Crippen LogP contribution in [0, 0.1) is 0 Å². The summed E-state index contributed by atoms with van der Waals surface area (Å²) < 4.78 is 0.444. The SMILES string of the molecule is CC1(C)CCN(C2(CN)CCN(C3CC3)C2)CCS1. The molecule has 1 atom stereocenters. The number of hydrogen-bond donors (Lipinski definition) is 1. The van der Waals surface area contributed by atoms with Gasteiger partial charge in [0.2, 0.25) is 0 Å². The molecule has 0 aromatic rings. The van der Waals surface area contributed by atoms with E-state index in [4.69, 9.17) is 5.73 Å². The van der Waals surface area contributed by atoms with Gasteiger partial charge in [-0.15, -0.1) is 0 Å². The topological polar surface area (TPSA) is 32.5 Å². The second kappa shape index (κ2) is 5.21. The molecule has 0 radical (unpaired) electrons. The van der Waals surface area contributed by atoms with Crippen LogP contribution in [-0.2, 0) is 0 Å². The molecule has 3 aliphatic rings. The maximum absolute atomic E-state index is 6.23. The van der Waals surface area contributed by atoms with Crippen LogP contribution < -0.4 is 5.73 Å². The van der Waals surface area contributed by atoms with Crippen LogP contribution in [0.2, 0.25) is 0 Å². The molecule has 110 valence electrons. The standard InChI is InChI=1S/C15H29N3S/c1-14(2)5-8-18(9-10-19-14)15(11-16)6-7-17(12-15)13-3-4-13/h13H,3-12,16H2,1-2H3. The van der Waals surface area contributed by atoms with Crippen LogP contribution in [0.4, 0.5) is 0 Å². The minimum absolute atomic E-state index is 0.281. The maximum Gasteiger partial charge on any atom is 0.0470 e. The van der Waals surface area contributed by atoms with Gasteiger partial charge in [0.1, 0.15) is 0 Å². The number of nitrogens with two attached hydrogens (primary N) is 1. The Bertz CT molecular complexity index is 329. The van der Waals surface area contributed by atoms with E-state index >= 15 is 0 Å². The Kier molecular flexibility index (Phi) is 3.89. The third-order valence-corrected chi connectivity index (χ3v) is 6.69. The molecule has 0 amide bonds. The number of thioether (sulfide) groups is 1. The molecule has 0 aromatic carbocycles. The van der Waals surface area contributed by atoms with Gasteiger partial charge in [-0.3, -0.25) is 9.80 Å². The number of nitrogens with zero attached hydrogens (tertiary/aromatic N) is 2. The van der Waals surface area contributed by atoms with Crippen molar-refractivity contribution in [3.05, 3.63) is 0 Å². The molecule has 19 heavy (non-hydrogen) atoms. The quantitative estimate of drug-likeness (QED) is 0.856. The van der Waals surface area contributed by atoms with Crippen molar-refractivity contribution in [1.29, 1.82) is 0 Å². The van der Waals surface area contributed by atoms with Crippen molar-refractivity contribution in [3.8, 4) is 0 Å². The third kappa shape index (κ3) is 2.97. The lowest BCUT2D eigenvalue weighted by atomic mass is 9.95. The summed E-state index contributed by atoms with van der Waals surface area (Å²) in [5.74, 6) is 1.26. The predicted octanol–water partition coefficient (Wildman–Crippen LogP) is 1.77. The fraction of sp³-hybridized carbons (Fsp3) is 1.00. The highest BCUT2D eigenvalue weighted by atomic mass is 32.2. The van der Waals surface area contributed by atoms with E-state index in [0.29, 0.717) is 4.75 Å². The summed E-state index contributed by atoms with van der Waals surface area (Å²) in [6.45, 7) is 10.6. The van der Waals surface area contributed by atoms with E-state index in [1.807, 2.05) is 0 Å². The highest BCUT2D eigenvalue weighted by Crippen LogP contribution is 2.38. The van der Waals surface area contributed by atoms with Gasteiger partial charge in [-0.05, 0) is 25.7 Å². The van der Waals surface area contributed by atoms with Crippen molar-refractivity contribution in [2.24, 2.45) is 5.73 Å². The minimum Gasteiger partial charge on any atom is -0.329 e. The molecular weight excluding hydrogens is 254 g/mol. The summed E-state index contributed by atoms with van der Waals surface area (Å²) in [5.41, 5.74) is 6.51. The molecule has 0 aromatic heterocycles. The summed E-state index contributed by atoms with van der Waals surface area (Å²) in [7, 11) is 0. The van der Waals surface area contributed by atoms with E-state index in [1.165, 1.54) is 57.6 Å². The molecule has 4 heteroatoms. The molecule has 1 aliphatic carbocycles. The van der Waals surface area contributed by atoms with Crippen molar-refractivity contribution < 1.29 is 0 Å². The molecule has 2 saturated heterocycles. The van der Waals surface area contributed by atoms with Crippen LogP contribution >= 0.6 is 11.8 Å². The van der Waals surface area contributed by atoms with Gasteiger partial charge in [0.15, 0.2) is 0 Å². The fourth-order valence-corrected chi connectivity index (χ4v) is 4.79. The number of hydrogen-bond acceptors (Lipinski definition) is 4.